The van der Waals surface area contributed by atoms with Crippen LogP contribution in [0.5, 0.6) is 0 Å². The summed E-state index contributed by atoms with van der Waals surface area (Å²) in [6, 6.07) is 5.00. The summed E-state index contributed by atoms with van der Waals surface area (Å²) in [5.74, 6) is -0.392. The number of nitrogens with one attached hydrogen (secondary N) is 2. The largest absolute Gasteiger partial charge is 0.360 e. The molecule has 0 aliphatic carbocycles. The van der Waals surface area contributed by atoms with E-state index in [1.807, 2.05) is 6.92 Å². The maximum absolute atomic E-state index is 12.0. The van der Waals surface area contributed by atoms with E-state index in [2.05, 4.69) is 20.8 Å². The van der Waals surface area contributed by atoms with Crippen molar-refractivity contribution in [2.45, 2.75) is 6.92 Å². The van der Waals surface area contributed by atoms with Gasteiger partial charge in [-0.15, -0.1) is 10.2 Å². The van der Waals surface area contributed by atoms with Gasteiger partial charge in [-0.25, -0.2) is 0 Å². The number of para-hydroxylation sites is 1. The molecule has 2 aromatic rings. The molecule has 0 aliphatic heterocycles. The number of benzene rings is 1. The molecule has 0 saturated heterocycles. The Balaban J connectivity index is 2.16. The van der Waals surface area contributed by atoms with Crippen molar-refractivity contribution in [2.24, 2.45) is 0 Å². The first-order valence-electron chi connectivity index (χ1n) is 5.44. The Kier molecular flexibility index (Phi) is 4.57. The summed E-state index contributed by atoms with van der Waals surface area (Å²) in [4.78, 5) is 12.0. The number of nitrogens with zero attached hydrogens (tertiary/aromatic N) is 2. The van der Waals surface area contributed by atoms with E-state index >= 15 is 0 Å². The number of amides is 1. The molecule has 1 heterocycles. The smallest absolute Gasteiger partial charge is 0.286 e. The topological polar surface area (TPSA) is 66.9 Å². The van der Waals surface area contributed by atoms with E-state index in [0.717, 1.165) is 11.3 Å². The zero-order valence-electron chi connectivity index (χ0n) is 9.91. The Morgan fingerprint density at radius 2 is 2.00 bits per heavy atom. The van der Waals surface area contributed by atoms with Crippen LogP contribution in [-0.2, 0) is 0 Å². The van der Waals surface area contributed by atoms with Gasteiger partial charge in [-0.05, 0) is 19.1 Å². The summed E-state index contributed by atoms with van der Waals surface area (Å²) in [6.07, 6.45) is 0. The zero-order chi connectivity index (χ0) is 13.8. The van der Waals surface area contributed by atoms with E-state index in [1.165, 1.54) is 0 Å². The Labute approximate surface area is 123 Å². The van der Waals surface area contributed by atoms with Crippen LogP contribution in [0, 0.1) is 0 Å². The lowest BCUT2D eigenvalue weighted by Gasteiger charge is -2.06. The molecule has 2 rings (SSSR count). The predicted molar refractivity (Wildman–Crippen MR) is 78.5 cm³/mol. The van der Waals surface area contributed by atoms with E-state index in [4.69, 9.17) is 23.2 Å². The summed E-state index contributed by atoms with van der Waals surface area (Å²) in [5.41, 5.74) is 0.371. The number of aromatic nitrogens is 2. The molecule has 0 spiro atoms. The van der Waals surface area contributed by atoms with Gasteiger partial charge in [-0.3, -0.25) is 4.79 Å². The van der Waals surface area contributed by atoms with Crippen LogP contribution in [0.2, 0.25) is 10.0 Å². The molecular weight excluding hydrogens is 307 g/mol. The molecular formula is C11H10Cl2N4OS. The zero-order valence-corrected chi connectivity index (χ0v) is 12.2. The highest BCUT2D eigenvalue weighted by molar-refractivity contribution is 7.17. The van der Waals surface area contributed by atoms with Crippen LogP contribution in [0.15, 0.2) is 18.2 Å². The standard InChI is InChI=1S/C11H10Cl2N4OS/c1-2-14-11-17-16-10(19-11)9(18)15-8-6(12)4-3-5-7(8)13/h3-5H,2H2,1H3,(H,14,17)(H,15,18). The van der Waals surface area contributed by atoms with Crippen LogP contribution in [-0.4, -0.2) is 22.6 Å². The first kappa shape index (κ1) is 14.0. The quantitative estimate of drug-likeness (QED) is 0.905. The number of carbonyl (C=O) groups excluding carboxylic acids is 1. The first-order chi connectivity index (χ1) is 9.11. The predicted octanol–water partition coefficient (Wildman–Crippen LogP) is 3.53. The lowest BCUT2D eigenvalue weighted by molar-refractivity contribution is 0.102. The van der Waals surface area contributed by atoms with Crippen molar-refractivity contribution < 1.29 is 4.79 Å². The number of rotatable bonds is 4. The third-order valence-corrected chi connectivity index (χ3v) is 3.66. The van der Waals surface area contributed by atoms with Crippen LogP contribution in [0.3, 0.4) is 0 Å². The molecule has 1 amide bonds. The van der Waals surface area contributed by atoms with Gasteiger partial charge in [0.2, 0.25) is 10.1 Å². The molecule has 1 aromatic carbocycles. The lowest BCUT2D eigenvalue weighted by Crippen LogP contribution is -2.12. The Morgan fingerprint density at radius 3 is 2.63 bits per heavy atom. The molecule has 100 valence electrons. The molecule has 1 aromatic heterocycles. The second kappa shape index (κ2) is 6.18. The second-order valence-electron chi connectivity index (χ2n) is 3.49. The minimum absolute atomic E-state index is 0.243. The number of halogens is 2. The van der Waals surface area contributed by atoms with Gasteiger partial charge < -0.3 is 10.6 Å². The average molecular weight is 317 g/mol. The number of carbonyl (C=O) groups is 1. The normalized spacial score (nSPS) is 10.3. The van der Waals surface area contributed by atoms with Gasteiger partial charge in [0, 0.05) is 6.54 Å². The highest BCUT2D eigenvalue weighted by Crippen LogP contribution is 2.30. The Hall–Kier alpha value is -1.37. The summed E-state index contributed by atoms with van der Waals surface area (Å²) < 4.78 is 0. The van der Waals surface area contributed by atoms with E-state index in [9.17, 15) is 4.79 Å². The SMILES string of the molecule is CCNc1nnc(C(=O)Nc2c(Cl)cccc2Cl)s1. The first-order valence-corrected chi connectivity index (χ1v) is 7.01. The molecule has 0 atom stereocenters. The van der Waals surface area contributed by atoms with Crippen molar-refractivity contribution in [2.75, 3.05) is 17.2 Å². The van der Waals surface area contributed by atoms with E-state index in [-0.39, 0.29) is 5.01 Å². The Bertz CT molecular complexity index is 582. The van der Waals surface area contributed by atoms with Crippen molar-refractivity contribution in [1.29, 1.82) is 0 Å². The van der Waals surface area contributed by atoms with Crippen LogP contribution in [0.25, 0.3) is 0 Å². The highest BCUT2D eigenvalue weighted by atomic mass is 35.5. The summed E-state index contributed by atoms with van der Waals surface area (Å²) in [6.45, 7) is 2.65. The van der Waals surface area contributed by atoms with Gasteiger partial charge in [0.25, 0.3) is 5.91 Å². The fourth-order valence-corrected chi connectivity index (χ4v) is 2.52. The van der Waals surface area contributed by atoms with E-state index in [0.29, 0.717) is 27.4 Å². The van der Waals surface area contributed by atoms with Crippen molar-refractivity contribution in [1.82, 2.24) is 10.2 Å². The molecule has 8 heteroatoms. The number of hydrogen-bond donors (Lipinski definition) is 2. The monoisotopic (exact) mass is 316 g/mol. The van der Waals surface area contributed by atoms with E-state index in [1.54, 1.807) is 18.2 Å². The van der Waals surface area contributed by atoms with Gasteiger partial charge in [0.05, 0.1) is 15.7 Å². The van der Waals surface area contributed by atoms with Gasteiger partial charge in [-0.2, -0.15) is 0 Å². The van der Waals surface area contributed by atoms with Gasteiger partial charge >= 0.3 is 0 Å². The third-order valence-electron chi connectivity index (χ3n) is 2.15. The van der Waals surface area contributed by atoms with Gasteiger partial charge in [-0.1, -0.05) is 40.6 Å². The van der Waals surface area contributed by atoms with Gasteiger partial charge in [0.15, 0.2) is 0 Å². The number of anilines is 2. The minimum atomic E-state index is -0.392. The molecule has 0 fully saturated rings. The van der Waals surface area contributed by atoms with Crippen molar-refractivity contribution in [3.8, 4) is 0 Å². The van der Waals surface area contributed by atoms with E-state index < -0.39 is 5.91 Å². The molecule has 0 saturated carbocycles. The summed E-state index contributed by atoms with van der Waals surface area (Å²) in [7, 11) is 0. The number of hydrogen-bond acceptors (Lipinski definition) is 5. The highest BCUT2D eigenvalue weighted by Gasteiger charge is 2.15. The maximum Gasteiger partial charge on any atom is 0.286 e. The third kappa shape index (κ3) is 3.34. The van der Waals surface area contributed by atoms with Gasteiger partial charge in [0.1, 0.15) is 0 Å². The summed E-state index contributed by atoms with van der Waals surface area (Å²) in [5, 5.41) is 14.8. The lowest BCUT2D eigenvalue weighted by atomic mass is 10.3. The molecule has 2 N–H and O–H groups in total. The summed E-state index contributed by atoms with van der Waals surface area (Å²) >= 11 is 13.1. The van der Waals surface area contributed by atoms with Crippen molar-refractivity contribution in [3.63, 3.8) is 0 Å². The fraction of sp³-hybridized carbons (Fsp3) is 0.182. The molecule has 19 heavy (non-hydrogen) atoms. The maximum atomic E-state index is 12.0. The molecule has 5 nitrogen and oxygen atoms in total. The molecule has 0 unspecified atom stereocenters. The minimum Gasteiger partial charge on any atom is -0.360 e. The average Bonchev–Trinajstić information content (AvgIpc) is 2.83. The fourth-order valence-electron chi connectivity index (χ4n) is 1.32. The molecule has 0 bridgehead atoms. The van der Waals surface area contributed by atoms with Crippen molar-refractivity contribution in [3.05, 3.63) is 33.3 Å². The molecule has 0 aliphatic rings. The second-order valence-corrected chi connectivity index (χ2v) is 5.29. The molecule has 0 radical (unpaired) electrons. The van der Waals surface area contributed by atoms with Crippen LogP contribution in [0.1, 0.15) is 16.7 Å². The van der Waals surface area contributed by atoms with Crippen LogP contribution < -0.4 is 10.6 Å². The van der Waals surface area contributed by atoms with Crippen molar-refractivity contribution >= 4 is 51.3 Å². The van der Waals surface area contributed by atoms with Crippen LogP contribution >= 0.6 is 34.5 Å². The van der Waals surface area contributed by atoms with Crippen LogP contribution in [0.4, 0.5) is 10.8 Å². The Morgan fingerprint density at radius 1 is 1.32 bits per heavy atom.